The Morgan fingerprint density at radius 3 is 2.40 bits per heavy atom. The molecule has 0 aliphatic rings. The SMILES string of the molecule is CC(C)SSC(N)CCCl. The molecule has 0 heterocycles. The number of hydrogen-bond donors (Lipinski definition) is 1. The fourth-order valence-electron chi connectivity index (χ4n) is 0.338. The molecule has 0 rings (SSSR count). The molecule has 10 heavy (non-hydrogen) atoms. The first-order valence-electron chi connectivity index (χ1n) is 3.30. The molecule has 0 fully saturated rings. The van der Waals surface area contributed by atoms with E-state index in [4.69, 9.17) is 17.3 Å². The molecule has 0 aromatic carbocycles. The van der Waals surface area contributed by atoms with Crippen molar-refractivity contribution in [3.63, 3.8) is 0 Å². The van der Waals surface area contributed by atoms with Crippen LogP contribution in [0.3, 0.4) is 0 Å². The maximum atomic E-state index is 5.69. The predicted molar refractivity (Wildman–Crippen MR) is 53.6 cm³/mol. The first-order valence-corrected chi connectivity index (χ1v) is 6.11. The lowest BCUT2D eigenvalue weighted by Gasteiger charge is -2.09. The van der Waals surface area contributed by atoms with Crippen molar-refractivity contribution in [1.29, 1.82) is 0 Å². The van der Waals surface area contributed by atoms with E-state index in [1.165, 1.54) is 0 Å². The maximum Gasteiger partial charge on any atom is 0.0623 e. The van der Waals surface area contributed by atoms with Gasteiger partial charge in [0.05, 0.1) is 5.37 Å². The van der Waals surface area contributed by atoms with Crippen molar-refractivity contribution in [3.05, 3.63) is 0 Å². The van der Waals surface area contributed by atoms with Gasteiger partial charge in [0.15, 0.2) is 0 Å². The van der Waals surface area contributed by atoms with Crippen LogP contribution in [0.15, 0.2) is 0 Å². The van der Waals surface area contributed by atoms with Crippen LogP contribution in [-0.2, 0) is 0 Å². The van der Waals surface area contributed by atoms with E-state index < -0.39 is 0 Å². The molecule has 0 aliphatic heterocycles. The lowest BCUT2D eigenvalue weighted by atomic mass is 10.5. The summed E-state index contributed by atoms with van der Waals surface area (Å²) < 4.78 is 0. The Morgan fingerprint density at radius 1 is 1.40 bits per heavy atom. The molecule has 0 bridgehead atoms. The Balaban J connectivity index is 3.12. The van der Waals surface area contributed by atoms with Gasteiger partial charge in [-0.3, -0.25) is 0 Å². The Morgan fingerprint density at radius 2 is 2.00 bits per heavy atom. The summed E-state index contributed by atoms with van der Waals surface area (Å²) >= 11 is 5.51. The third kappa shape index (κ3) is 7.06. The molecule has 0 aromatic heterocycles. The molecular formula is C6H14ClNS2. The fraction of sp³-hybridized carbons (Fsp3) is 1.00. The van der Waals surface area contributed by atoms with Gasteiger partial charge in [0.25, 0.3) is 0 Å². The van der Waals surface area contributed by atoms with Crippen molar-refractivity contribution in [2.75, 3.05) is 5.88 Å². The third-order valence-electron chi connectivity index (χ3n) is 0.765. The van der Waals surface area contributed by atoms with Crippen LogP contribution in [0.5, 0.6) is 0 Å². The van der Waals surface area contributed by atoms with Gasteiger partial charge >= 0.3 is 0 Å². The topological polar surface area (TPSA) is 26.0 Å². The molecule has 0 amide bonds. The first kappa shape index (κ1) is 11.0. The normalized spacial score (nSPS) is 14.1. The van der Waals surface area contributed by atoms with Gasteiger partial charge in [0.2, 0.25) is 0 Å². The zero-order chi connectivity index (χ0) is 7.98. The lowest BCUT2D eigenvalue weighted by Crippen LogP contribution is -2.14. The second kappa shape index (κ2) is 6.65. The molecule has 1 atom stereocenters. The van der Waals surface area contributed by atoms with Crippen LogP contribution in [0.1, 0.15) is 20.3 Å². The standard InChI is InChI=1S/C6H14ClNS2/c1-5(2)9-10-6(8)3-4-7/h5-6H,3-4,8H2,1-2H3. The quantitative estimate of drug-likeness (QED) is 0.419. The van der Waals surface area contributed by atoms with Crippen LogP contribution < -0.4 is 5.73 Å². The van der Waals surface area contributed by atoms with Gasteiger partial charge in [-0.1, -0.05) is 35.4 Å². The highest BCUT2D eigenvalue weighted by Crippen LogP contribution is 2.29. The summed E-state index contributed by atoms with van der Waals surface area (Å²) in [6.45, 7) is 4.32. The molecule has 0 saturated heterocycles. The summed E-state index contributed by atoms with van der Waals surface area (Å²) in [5, 5.41) is 0.844. The minimum atomic E-state index is 0.199. The zero-order valence-corrected chi connectivity index (χ0v) is 8.73. The summed E-state index contributed by atoms with van der Waals surface area (Å²) in [5.41, 5.74) is 5.69. The van der Waals surface area contributed by atoms with Crippen molar-refractivity contribution in [2.24, 2.45) is 5.73 Å². The number of alkyl halides is 1. The first-order chi connectivity index (χ1) is 4.66. The van der Waals surface area contributed by atoms with Crippen LogP contribution in [0.4, 0.5) is 0 Å². The highest BCUT2D eigenvalue weighted by Gasteiger charge is 2.03. The van der Waals surface area contributed by atoms with Crippen LogP contribution in [0.25, 0.3) is 0 Å². The summed E-state index contributed by atoms with van der Waals surface area (Å²) in [6, 6.07) is 0. The summed E-state index contributed by atoms with van der Waals surface area (Å²) in [6.07, 6.45) is 0.895. The van der Waals surface area contributed by atoms with E-state index in [0.29, 0.717) is 11.1 Å². The van der Waals surface area contributed by atoms with Gasteiger partial charge in [0, 0.05) is 11.1 Å². The summed E-state index contributed by atoms with van der Waals surface area (Å²) in [5.74, 6) is 0.660. The third-order valence-corrected chi connectivity index (χ3v) is 4.19. The molecular weight excluding hydrogens is 186 g/mol. The van der Waals surface area contributed by atoms with Crippen molar-refractivity contribution in [3.8, 4) is 0 Å². The number of rotatable bonds is 5. The molecule has 0 saturated carbocycles. The van der Waals surface area contributed by atoms with E-state index >= 15 is 0 Å². The Kier molecular flexibility index (Phi) is 7.28. The van der Waals surface area contributed by atoms with E-state index in [1.807, 2.05) is 10.8 Å². The van der Waals surface area contributed by atoms with Gasteiger partial charge < -0.3 is 5.73 Å². The summed E-state index contributed by atoms with van der Waals surface area (Å²) in [4.78, 5) is 0. The highest BCUT2D eigenvalue weighted by molar-refractivity contribution is 8.77. The lowest BCUT2D eigenvalue weighted by molar-refractivity contribution is 0.880. The van der Waals surface area contributed by atoms with Gasteiger partial charge in [-0.25, -0.2) is 0 Å². The Labute approximate surface area is 75.9 Å². The smallest absolute Gasteiger partial charge is 0.0623 e. The molecule has 0 spiro atoms. The molecule has 1 nitrogen and oxygen atoms in total. The fourth-order valence-corrected chi connectivity index (χ4v) is 2.67. The van der Waals surface area contributed by atoms with E-state index in [9.17, 15) is 0 Å². The minimum absolute atomic E-state index is 0.199. The number of nitrogens with two attached hydrogens (primary N) is 1. The Hall–Kier alpha value is 0.950. The average Bonchev–Trinajstić information content (AvgIpc) is 1.85. The van der Waals surface area contributed by atoms with Crippen LogP contribution >= 0.6 is 33.2 Å². The molecule has 0 aromatic rings. The molecule has 62 valence electrons. The molecule has 2 N–H and O–H groups in total. The maximum absolute atomic E-state index is 5.69. The van der Waals surface area contributed by atoms with E-state index in [1.54, 1.807) is 10.8 Å². The Bertz CT molecular complexity index is 80.1. The zero-order valence-electron chi connectivity index (χ0n) is 6.34. The van der Waals surface area contributed by atoms with Crippen LogP contribution in [0, 0.1) is 0 Å². The van der Waals surface area contributed by atoms with Crippen molar-refractivity contribution in [1.82, 2.24) is 0 Å². The van der Waals surface area contributed by atoms with E-state index in [0.717, 1.165) is 6.42 Å². The highest BCUT2D eigenvalue weighted by atomic mass is 35.5. The van der Waals surface area contributed by atoms with Crippen molar-refractivity contribution < 1.29 is 0 Å². The van der Waals surface area contributed by atoms with Gasteiger partial charge in [-0.15, -0.1) is 11.6 Å². The average molecular weight is 200 g/mol. The molecule has 1 unspecified atom stereocenters. The largest absolute Gasteiger partial charge is 0.319 e. The van der Waals surface area contributed by atoms with Crippen LogP contribution in [0.2, 0.25) is 0 Å². The summed E-state index contributed by atoms with van der Waals surface area (Å²) in [7, 11) is 3.53. The number of halogens is 1. The second-order valence-electron chi connectivity index (χ2n) is 2.26. The van der Waals surface area contributed by atoms with Crippen LogP contribution in [-0.4, -0.2) is 16.5 Å². The van der Waals surface area contributed by atoms with Gasteiger partial charge in [0.1, 0.15) is 0 Å². The molecule has 4 heteroatoms. The molecule has 0 aliphatic carbocycles. The van der Waals surface area contributed by atoms with Gasteiger partial charge in [-0.2, -0.15) is 0 Å². The van der Waals surface area contributed by atoms with E-state index in [-0.39, 0.29) is 5.37 Å². The van der Waals surface area contributed by atoms with Gasteiger partial charge in [-0.05, 0) is 6.42 Å². The van der Waals surface area contributed by atoms with E-state index in [2.05, 4.69) is 13.8 Å². The van der Waals surface area contributed by atoms with Crippen molar-refractivity contribution in [2.45, 2.75) is 30.9 Å². The molecule has 0 radical (unpaired) electrons. The predicted octanol–water partition coefficient (Wildman–Crippen LogP) is 2.69. The minimum Gasteiger partial charge on any atom is -0.319 e. The second-order valence-corrected chi connectivity index (χ2v) is 5.72. The monoisotopic (exact) mass is 199 g/mol. The number of hydrogen-bond acceptors (Lipinski definition) is 3. The van der Waals surface area contributed by atoms with Crippen molar-refractivity contribution >= 4 is 33.2 Å².